The molecular formula is C22H25NO7. The first-order chi connectivity index (χ1) is 14.4. The molecule has 160 valence electrons. The van der Waals surface area contributed by atoms with Gasteiger partial charge >= 0.3 is 5.97 Å². The van der Waals surface area contributed by atoms with Crippen LogP contribution in [0.25, 0.3) is 0 Å². The number of anilines is 1. The summed E-state index contributed by atoms with van der Waals surface area (Å²) in [5, 5.41) is 0. The van der Waals surface area contributed by atoms with E-state index in [9.17, 15) is 9.59 Å². The Morgan fingerprint density at radius 2 is 1.47 bits per heavy atom. The summed E-state index contributed by atoms with van der Waals surface area (Å²) in [4.78, 5) is 25.9. The molecule has 0 spiro atoms. The lowest BCUT2D eigenvalue weighted by Gasteiger charge is -2.46. The van der Waals surface area contributed by atoms with Crippen molar-refractivity contribution < 1.29 is 33.3 Å². The Labute approximate surface area is 175 Å². The highest BCUT2D eigenvalue weighted by molar-refractivity contribution is 6.03. The molecule has 1 unspecified atom stereocenters. The average Bonchev–Trinajstić information content (AvgIpc) is 2.75. The minimum absolute atomic E-state index is 0.0425. The molecule has 8 heteroatoms. The first-order valence-corrected chi connectivity index (χ1v) is 9.35. The van der Waals surface area contributed by atoms with Gasteiger partial charge in [-0.1, -0.05) is 13.0 Å². The molecule has 1 aliphatic heterocycles. The van der Waals surface area contributed by atoms with Crippen molar-refractivity contribution in [3.63, 3.8) is 0 Å². The van der Waals surface area contributed by atoms with Gasteiger partial charge in [0.1, 0.15) is 0 Å². The number of nitrogens with zero attached hydrogens (tertiary/aromatic N) is 1. The maximum atomic E-state index is 12.8. The Kier molecular flexibility index (Phi) is 6.05. The molecule has 1 aliphatic rings. The van der Waals surface area contributed by atoms with Gasteiger partial charge in [0.25, 0.3) is 0 Å². The van der Waals surface area contributed by atoms with Crippen molar-refractivity contribution in [3.8, 4) is 28.7 Å². The third-order valence-electron chi connectivity index (χ3n) is 5.09. The Bertz CT molecular complexity index is 947. The van der Waals surface area contributed by atoms with Crippen LogP contribution in [-0.2, 0) is 9.59 Å². The third kappa shape index (κ3) is 3.60. The quantitative estimate of drug-likeness (QED) is 0.389. The van der Waals surface area contributed by atoms with E-state index in [0.29, 0.717) is 34.4 Å². The summed E-state index contributed by atoms with van der Waals surface area (Å²) in [6, 6.07) is 8.49. The van der Waals surface area contributed by atoms with Crippen LogP contribution in [0.2, 0.25) is 0 Å². The summed E-state index contributed by atoms with van der Waals surface area (Å²) >= 11 is 0. The van der Waals surface area contributed by atoms with Crippen molar-refractivity contribution in [1.82, 2.24) is 0 Å². The van der Waals surface area contributed by atoms with Crippen molar-refractivity contribution in [3.05, 3.63) is 35.9 Å². The van der Waals surface area contributed by atoms with Crippen molar-refractivity contribution in [2.24, 2.45) is 5.92 Å². The summed E-state index contributed by atoms with van der Waals surface area (Å²) in [5.74, 6) is 1.33. The molecule has 0 N–H and O–H groups in total. The van der Waals surface area contributed by atoms with Gasteiger partial charge in [-0.25, -0.2) is 0 Å². The molecule has 0 aromatic heterocycles. The maximum Gasteiger partial charge on any atom is 0.308 e. The fourth-order valence-corrected chi connectivity index (χ4v) is 3.68. The van der Waals surface area contributed by atoms with E-state index in [4.69, 9.17) is 23.7 Å². The summed E-state index contributed by atoms with van der Waals surface area (Å²) < 4.78 is 26.8. The fraction of sp³-hybridized carbons (Fsp3) is 0.364. The number of esters is 1. The minimum atomic E-state index is -0.454. The zero-order valence-corrected chi connectivity index (χ0v) is 17.8. The van der Waals surface area contributed by atoms with Crippen LogP contribution in [0, 0.1) is 5.92 Å². The molecule has 0 bridgehead atoms. The molecule has 2 aromatic carbocycles. The summed E-state index contributed by atoms with van der Waals surface area (Å²) in [5.41, 5.74) is 1.43. The van der Waals surface area contributed by atoms with Crippen molar-refractivity contribution >= 4 is 17.6 Å². The highest BCUT2D eigenvalue weighted by Crippen LogP contribution is 2.49. The van der Waals surface area contributed by atoms with E-state index in [2.05, 4.69) is 0 Å². The highest BCUT2D eigenvalue weighted by Gasteiger charge is 2.46. The second kappa shape index (κ2) is 8.52. The lowest BCUT2D eigenvalue weighted by molar-refractivity contribution is -0.132. The van der Waals surface area contributed by atoms with Crippen LogP contribution >= 0.6 is 0 Å². The highest BCUT2D eigenvalue weighted by atomic mass is 16.6. The number of benzene rings is 2. The number of ether oxygens (including phenoxy) is 5. The number of hydrogen-bond donors (Lipinski definition) is 0. The summed E-state index contributed by atoms with van der Waals surface area (Å²) in [7, 11) is 6.06. The van der Waals surface area contributed by atoms with E-state index in [1.54, 1.807) is 29.2 Å². The Morgan fingerprint density at radius 1 is 0.867 bits per heavy atom. The van der Waals surface area contributed by atoms with Gasteiger partial charge < -0.3 is 28.6 Å². The lowest BCUT2D eigenvalue weighted by Crippen LogP contribution is -2.54. The molecule has 1 saturated heterocycles. The topological polar surface area (TPSA) is 83.5 Å². The van der Waals surface area contributed by atoms with Gasteiger partial charge in [0.2, 0.25) is 11.7 Å². The zero-order valence-electron chi connectivity index (χ0n) is 17.8. The second-order valence-corrected chi connectivity index (χ2v) is 6.83. The average molecular weight is 415 g/mol. The molecule has 8 nitrogen and oxygen atoms in total. The van der Waals surface area contributed by atoms with Gasteiger partial charge in [-0.15, -0.1) is 0 Å². The molecule has 2 aromatic rings. The van der Waals surface area contributed by atoms with E-state index in [0.717, 1.165) is 5.56 Å². The first kappa shape index (κ1) is 21.3. The van der Waals surface area contributed by atoms with Gasteiger partial charge in [0.15, 0.2) is 23.0 Å². The van der Waals surface area contributed by atoms with Gasteiger partial charge in [-0.2, -0.15) is 0 Å². The van der Waals surface area contributed by atoms with Gasteiger partial charge in [0.05, 0.1) is 46.1 Å². The van der Waals surface area contributed by atoms with Gasteiger partial charge in [-0.05, 0) is 17.7 Å². The maximum absolute atomic E-state index is 12.8. The van der Waals surface area contributed by atoms with Crippen molar-refractivity contribution in [1.29, 1.82) is 0 Å². The fourth-order valence-electron chi connectivity index (χ4n) is 3.68. The predicted molar refractivity (Wildman–Crippen MR) is 110 cm³/mol. The normalized spacial score (nSPS) is 17.8. The van der Waals surface area contributed by atoms with Crippen LogP contribution in [0.4, 0.5) is 5.69 Å². The number of amides is 1. The number of β-lactam (4-membered cyclic amide) rings is 1. The van der Waals surface area contributed by atoms with Crippen LogP contribution in [0.3, 0.4) is 0 Å². The molecular weight excluding hydrogens is 390 g/mol. The van der Waals surface area contributed by atoms with Crippen LogP contribution in [-0.4, -0.2) is 40.3 Å². The van der Waals surface area contributed by atoms with Crippen LogP contribution in [0.15, 0.2) is 30.3 Å². The minimum Gasteiger partial charge on any atom is -0.493 e. The molecule has 1 amide bonds. The van der Waals surface area contributed by atoms with Crippen molar-refractivity contribution in [2.75, 3.05) is 33.3 Å². The van der Waals surface area contributed by atoms with Crippen LogP contribution in [0.5, 0.6) is 28.7 Å². The number of rotatable bonds is 7. The molecule has 0 aliphatic carbocycles. The standard InChI is InChI=1S/C22H25NO7/c1-12-20(14-7-8-16(26-3)17(9-14)30-13(2)24)23(22(12)25)15-10-18(27-4)21(29-6)19(11-15)28-5/h7-12,20H,1-6H3/t12?,20-/m1/s1. The summed E-state index contributed by atoms with van der Waals surface area (Å²) in [6.45, 7) is 3.18. The van der Waals surface area contributed by atoms with Crippen LogP contribution in [0.1, 0.15) is 25.5 Å². The zero-order chi connectivity index (χ0) is 22.0. The first-order valence-electron chi connectivity index (χ1n) is 9.35. The Balaban J connectivity index is 2.05. The lowest BCUT2D eigenvalue weighted by atomic mass is 9.83. The predicted octanol–water partition coefficient (Wildman–Crippen LogP) is 3.37. The number of hydrogen-bond acceptors (Lipinski definition) is 7. The monoisotopic (exact) mass is 415 g/mol. The molecule has 2 atom stereocenters. The van der Waals surface area contributed by atoms with E-state index in [-0.39, 0.29) is 17.9 Å². The van der Waals surface area contributed by atoms with Crippen LogP contribution < -0.4 is 28.6 Å². The number of carbonyl (C=O) groups excluding carboxylic acids is 2. The summed E-state index contributed by atoms with van der Waals surface area (Å²) in [6.07, 6.45) is 0. The molecule has 0 saturated carbocycles. The molecule has 0 radical (unpaired) electrons. The smallest absolute Gasteiger partial charge is 0.308 e. The van der Waals surface area contributed by atoms with E-state index >= 15 is 0 Å². The largest absolute Gasteiger partial charge is 0.493 e. The number of carbonyl (C=O) groups is 2. The van der Waals surface area contributed by atoms with E-state index < -0.39 is 5.97 Å². The molecule has 30 heavy (non-hydrogen) atoms. The van der Waals surface area contributed by atoms with E-state index in [1.165, 1.54) is 35.4 Å². The SMILES string of the molecule is COc1ccc([C@H]2C(C)C(=O)N2c2cc(OC)c(OC)c(OC)c2)cc1OC(C)=O. The molecule has 1 fully saturated rings. The van der Waals surface area contributed by atoms with Gasteiger partial charge in [-0.3, -0.25) is 9.59 Å². The second-order valence-electron chi connectivity index (χ2n) is 6.83. The molecule has 3 rings (SSSR count). The number of methoxy groups -OCH3 is 4. The van der Waals surface area contributed by atoms with Crippen molar-refractivity contribution in [2.45, 2.75) is 19.9 Å². The van der Waals surface area contributed by atoms with E-state index in [1.807, 2.05) is 13.0 Å². The molecule has 1 heterocycles. The Hall–Kier alpha value is -3.42. The third-order valence-corrected chi connectivity index (χ3v) is 5.09. The Morgan fingerprint density at radius 3 is 1.97 bits per heavy atom. The van der Waals surface area contributed by atoms with Gasteiger partial charge in [0, 0.05) is 19.1 Å².